The highest BCUT2D eigenvalue weighted by atomic mass is 19.4. The average Bonchev–Trinajstić information content (AvgIpc) is 3.28. The van der Waals surface area contributed by atoms with Crippen LogP contribution in [0.15, 0.2) is 47.6 Å². The molecule has 0 aromatic carbocycles. The number of alkyl halides is 6. The normalized spacial score (nSPS) is 12.0. The first-order valence-corrected chi connectivity index (χ1v) is 10.8. The molecule has 0 radical (unpaired) electrons. The van der Waals surface area contributed by atoms with Crippen molar-refractivity contribution in [3.05, 3.63) is 70.9 Å². The second-order valence-electron chi connectivity index (χ2n) is 7.75. The van der Waals surface area contributed by atoms with Crippen LogP contribution in [-0.4, -0.2) is 26.9 Å². The van der Waals surface area contributed by atoms with Crippen LogP contribution in [0.25, 0.3) is 0 Å². The van der Waals surface area contributed by atoms with Crippen molar-refractivity contribution in [3.63, 3.8) is 0 Å². The first-order chi connectivity index (χ1) is 17.0. The Hall–Kier alpha value is -3.77. The number of anilines is 1. The summed E-state index contributed by atoms with van der Waals surface area (Å²) in [5.41, 5.74) is -4.78. The summed E-state index contributed by atoms with van der Waals surface area (Å²) < 4.78 is 86.6. The SMILES string of the molecule is CCCCCCc1cnoc1N(C(=O)c1cnccc1C(F)(F)F)C(=O)c1cnccc1C(F)(F)F. The molecule has 192 valence electrons. The average molecular weight is 514 g/mol. The molecular formula is C23H20F6N4O3. The van der Waals surface area contributed by atoms with E-state index in [2.05, 4.69) is 15.1 Å². The highest BCUT2D eigenvalue weighted by Gasteiger charge is 2.42. The molecule has 0 saturated heterocycles. The fourth-order valence-electron chi connectivity index (χ4n) is 3.49. The first kappa shape index (κ1) is 26.8. The van der Waals surface area contributed by atoms with Gasteiger partial charge in [0.1, 0.15) is 0 Å². The molecule has 0 aliphatic rings. The Morgan fingerprint density at radius 2 is 1.36 bits per heavy atom. The van der Waals surface area contributed by atoms with E-state index in [-0.39, 0.29) is 16.9 Å². The van der Waals surface area contributed by atoms with Gasteiger partial charge < -0.3 is 4.52 Å². The van der Waals surface area contributed by atoms with Gasteiger partial charge in [0.25, 0.3) is 11.8 Å². The number of hydrogen-bond acceptors (Lipinski definition) is 6. The lowest BCUT2D eigenvalue weighted by molar-refractivity contribution is -0.138. The third-order valence-corrected chi connectivity index (χ3v) is 5.25. The maximum Gasteiger partial charge on any atom is 0.417 e. The second-order valence-corrected chi connectivity index (χ2v) is 7.75. The Labute approximate surface area is 201 Å². The molecule has 0 spiro atoms. The van der Waals surface area contributed by atoms with E-state index >= 15 is 0 Å². The van der Waals surface area contributed by atoms with Crippen LogP contribution in [0.2, 0.25) is 0 Å². The largest absolute Gasteiger partial charge is 0.417 e. The lowest BCUT2D eigenvalue weighted by atomic mass is 10.0. The number of imide groups is 1. The molecule has 0 unspecified atom stereocenters. The summed E-state index contributed by atoms with van der Waals surface area (Å²) in [6.45, 7) is 1.97. The fraction of sp³-hybridized carbons (Fsp3) is 0.348. The van der Waals surface area contributed by atoms with Gasteiger partial charge in [0.05, 0.1) is 28.5 Å². The van der Waals surface area contributed by atoms with E-state index in [0.29, 0.717) is 30.9 Å². The predicted octanol–water partition coefficient (Wildman–Crippen LogP) is 6.11. The molecule has 3 rings (SSSR count). The molecule has 0 fully saturated rings. The number of carbonyl (C=O) groups is 2. The minimum absolute atomic E-state index is 0.126. The van der Waals surface area contributed by atoms with Gasteiger partial charge in [0.15, 0.2) is 0 Å². The smallest absolute Gasteiger partial charge is 0.337 e. The Morgan fingerprint density at radius 1 is 0.833 bits per heavy atom. The summed E-state index contributed by atoms with van der Waals surface area (Å²) in [5.74, 6) is -3.73. The zero-order chi connectivity index (χ0) is 26.5. The van der Waals surface area contributed by atoms with Gasteiger partial charge in [-0.1, -0.05) is 31.3 Å². The molecule has 0 saturated carbocycles. The first-order valence-electron chi connectivity index (χ1n) is 10.8. The molecule has 3 heterocycles. The topological polar surface area (TPSA) is 89.2 Å². The van der Waals surface area contributed by atoms with E-state index in [0.717, 1.165) is 37.9 Å². The zero-order valence-corrected chi connectivity index (χ0v) is 18.9. The molecule has 0 aliphatic heterocycles. The van der Waals surface area contributed by atoms with Gasteiger partial charge in [-0.05, 0) is 25.0 Å². The van der Waals surface area contributed by atoms with Crippen molar-refractivity contribution in [1.29, 1.82) is 0 Å². The third kappa shape index (κ3) is 5.89. The number of aryl methyl sites for hydroxylation is 1. The van der Waals surface area contributed by atoms with Crippen LogP contribution in [0.3, 0.4) is 0 Å². The van der Waals surface area contributed by atoms with Gasteiger partial charge in [-0.25, -0.2) is 4.90 Å². The van der Waals surface area contributed by atoms with Crippen molar-refractivity contribution in [1.82, 2.24) is 15.1 Å². The van der Waals surface area contributed by atoms with Gasteiger partial charge in [-0.2, -0.15) is 26.3 Å². The molecule has 0 atom stereocenters. The van der Waals surface area contributed by atoms with Crippen molar-refractivity contribution in [2.24, 2.45) is 0 Å². The highest BCUT2D eigenvalue weighted by Crippen LogP contribution is 2.36. The third-order valence-electron chi connectivity index (χ3n) is 5.25. The van der Waals surface area contributed by atoms with Crippen molar-refractivity contribution in [3.8, 4) is 0 Å². The van der Waals surface area contributed by atoms with E-state index in [1.54, 1.807) is 0 Å². The molecule has 0 N–H and O–H groups in total. The lowest BCUT2D eigenvalue weighted by Gasteiger charge is -2.22. The van der Waals surface area contributed by atoms with E-state index in [1.165, 1.54) is 0 Å². The van der Waals surface area contributed by atoms with Gasteiger partial charge in [-0.15, -0.1) is 0 Å². The number of amides is 2. The summed E-state index contributed by atoms with van der Waals surface area (Å²) in [6.07, 6.45) is -2.82. The van der Waals surface area contributed by atoms with Crippen molar-refractivity contribution in [2.45, 2.75) is 51.4 Å². The standard InChI is InChI=1S/C23H20F6N4O3/c1-2-3-4-5-6-14-11-32-36-21(14)33(19(34)15-12-30-9-7-17(15)22(24,25)26)20(35)16-13-31-10-8-18(16)23(27,28)29/h7-13H,2-6H2,1H3. The molecule has 2 amide bonds. The van der Waals surface area contributed by atoms with Crippen LogP contribution < -0.4 is 4.90 Å². The van der Waals surface area contributed by atoms with E-state index in [9.17, 15) is 35.9 Å². The Kier molecular flexibility index (Phi) is 8.10. The Balaban J connectivity index is 2.16. The number of carbonyl (C=O) groups excluding carboxylic acids is 2. The van der Waals surface area contributed by atoms with Gasteiger partial charge >= 0.3 is 12.4 Å². The van der Waals surface area contributed by atoms with Crippen LogP contribution in [-0.2, 0) is 18.8 Å². The van der Waals surface area contributed by atoms with Gasteiger partial charge in [-0.3, -0.25) is 19.6 Å². The van der Waals surface area contributed by atoms with Crippen LogP contribution >= 0.6 is 0 Å². The molecular weight excluding hydrogens is 494 g/mol. The minimum atomic E-state index is -5.02. The molecule has 0 aliphatic carbocycles. The number of unbranched alkanes of at least 4 members (excludes halogenated alkanes) is 3. The van der Waals surface area contributed by atoms with Crippen molar-refractivity contribution in [2.75, 3.05) is 4.90 Å². The van der Waals surface area contributed by atoms with Gasteiger partial charge in [0.2, 0.25) is 5.88 Å². The summed E-state index contributed by atoms with van der Waals surface area (Å²) in [6, 6.07) is 1.04. The summed E-state index contributed by atoms with van der Waals surface area (Å²) >= 11 is 0. The molecule has 13 heteroatoms. The van der Waals surface area contributed by atoms with E-state index in [4.69, 9.17) is 4.52 Å². The quantitative estimate of drug-likeness (QED) is 0.205. The molecule has 3 aromatic heterocycles. The van der Waals surface area contributed by atoms with Crippen LogP contribution in [0.4, 0.5) is 32.2 Å². The molecule has 7 nitrogen and oxygen atoms in total. The number of hydrogen-bond donors (Lipinski definition) is 0. The van der Waals surface area contributed by atoms with Crippen LogP contribution in [0, 0.1) is 0 Å². The van der Waals surface area contributed by atoms with Crippen molar-refractivity contribution < 1.29 is 40.5 Å². The molecule has 0 bridgehead atoms. The minimum Gasteiger partial charge on any atom is -0.337 e. The number of rotatable bonds is 8. The zero-order valence-electron chi connectivity index (χ0n) is 18.9. The van der Waals surface area contributed by atoms with Crippen molar-refractivity contribution >= 4 is 17.7 Å². The summed E-state index contributed by atoms with van der Waals surface area (Å²) in [4.78, 5) is 34.0. The second kappa shape index (κ2) is 10.9. The Bertz CT molecular complexity index is 1150. The fourth-order valence-corrected chi connectivity index (χ4v) is 3.49. The van der Waals surface area contributed by atoms with Crippen LogP contribution in [0.5, 0.6) is 0 Å². The lowest BCUT2D eigenvalue weighted by Crippen LogP contribution is -2.39. The summed E-state index contributed by atoms with van der Waals surface area (Å²) in [5, 5.41) is 3.54. The van der Waals surface area contributed by atoms with Gasteiger partial charge in [0, 0.05) is 30.4 Å². The number of halogens is 6. The monoisotopic (exact) mass is 514 g/mol. The molecule has 3 aromatic rings. The molecule has 36 heavy (non-hydrogen) atoms. The van der Waals surface area contributed by atoms with E-state index < -0.39 is 52.3 Å². The number of aromatic nitrogens is 3. The maximum atomic E-state index is 13.6. The predicted molar refractivity (Wildman–Crippen MR) is 114 cm³/mol. The number of pyridine rings is 2. The highest BCUT2D eigenvalue weighted by molar-refractivity contribution is 6.26. The van der Waals surface area contributed by atoms with Crippen LogP contribution in [0.1, 0.15) is 70.0 Å². The Morgan fingerprint density at radius 3 is 1.83 bits per heavy atom. The number of nitrogens with zero attached hydrogens (tertiary/aromatic N) is 4. The van der Waals surface area contributed by atoms with E-state index in [1.807, 2.05) is 6.92 Å². The maximum absolute atomic E-state index is 13.6. The summed E-state index contributed by atoms with van der Waals surface area (Å²) in [7, 11) is 0.